The van der Waals surface area contributed by atoms with Gasteiger partial charge in [0.25, 0.3) is 0 Å². The van der Waals surface area contributed by atoms with Gasteiger partial charge in [0, 0.05) is 0 Å². The van der Waals surface area contributed by atoms with Crippen LogP contribution in [0.5, 0.6) is 5.75 Å². The van der Waals surface area contributed by atoms with Crippen LogP contribution in [0.4, 0.5) is 5.69 Å². The molecule has 0 atom stereocenters. The summed E-state index contributed by atoms with van der Waals surface area (Å²) in [6.07, 6.45) is 0. The maximum atomic E-state index is 8.63. The number of nitrogens with zero attached hydrogens (tertiary/aromatic N) is 3. The van der Waals surface area contributed by atoms with E-state index in [0.717, 1.165) is 16.9 Å². The molecule has 0 aromatic heterocycles. The Morgan fingerprint density at radius 1 is 1.09 bits per heavy atom. The zero-order valence-electron chi connectivity index (χ0n) is 13.0. The fraction of sp³-hybridized carbons (Fsp3) is 0.167. The largest absolute Gasteiger partial charge is 0.489 e. The van der Waals surface area contributed by atoms with Crippen molar-refractivity contribution in [1.82, 2.24) is 0 Å². The van der Waals surface area contributed by atoms with Crippen LogP contribution in [0.1, 0.15) is 16.7 Å². The van der Waals surface area contributed by atoms with Gasteiger partial charge in [-0.05, 0) is 43.2 Å². The second-order valence-corrected chi connectivity index (χ2v) is 5.05. The number of nitrogens with one attached hydrogen (secondary N) is 1. The summed E-state index contributed by atoms with van der Waals surface area (Å²) in [5.74, 6) is 0.779. The van der Waals surface area contributed by atoms with Gasteiger partial charge in [-0.2, -0.15) is 15.6 Å². The number of aryl methyl sites for hydroxylation is 2. The Morgan fingerprint density at radius 2 is 1.78 bits per heavy atom. The van der Waals surface area contributed by atoms with Crippen molar-refractivity contribution < 1.29 is 4.74 Å². The van der Waals surface area contributed by atoms with Crippen LogP contribution in [-0.2, 0) is 6.61 Å². The molecule has 0 aliphatic heterocycles. The third kappa shape index (κ3) is 4.59. The SMILES string of the molecule is Cc1ccc(COc2ccc(NN=C(C#N)C#N)cc2C)cc1. The maximum absolute atomic E-state index is 8.63. The topological polar surface area (TPSA) is 81.2 Å². The van der Waals surface area contributed by atoms with Crippen molar-refractivity contribution in [1.29, 1.82) is 10.5 Å². The van der Waals surface area contributed by atoms with Crippen LogP contribution in [0.15, 0.2) is 47.6 Å². The Hall–Kier alpha value is -3.31. The molecule has 5 nitrogen and oxygen atoms in total. The van der Waals surface area contributed by atoms with Gasteiger partial charge in [0.2, 0.25) is 5.71 Å². The van der Waals surface area contributed by atoms with Crippen molar-refractivity contribution in [2.45, 2.75) is 20.5 Å². The fourth-order valence-electron chi connectivity index (χ4n) is 1.92. The van der Waals surface area contributed by atoms with E-state index in [1.807, 2.05) is 38.1 Å². The van der Waals surface area contributed by atoms with Crippen molar-refractivity contribution in [3.63, 3.8) is 0 Å². The Kier molecular flexibility index (Phi) is 5.33. The van der Waals surface area contributed by atoms with Crippen molar-refractivity contribution in [3.05, 3.63) is 59.2 Å². The molecular formula is C18H16N4O. The Morgan fingerprint density at radius 3 is 2.39 bits per heavy atom. The van der Waals surface area contributed by atoms with E-state index in [-0.39, 0.29) is 5.71 Å². The zero-order valence-corrected chi connectivity index (χ0v) is 13.0. The lowest BCUT2D eigenvalue weighted by Gasteiger charge is -2.11. The normalized spacial score (nSPS) is 9.39. The van der Waals surface area contributed by atoms with Gasteiger partial charge in [-0.15, -0.1) is 0 Å². The second-order valence-electron chi connectivity index (χ2n) is 5.05. The highest BCUT2D eigenvalue weighted by Crippen LogP contribution is 2.23. The summed E-state index contributed by atoms with van der Waals surface area (Å²) < 4.78 is 5.82. The van der Waals surface area contributed by atoms with Gasteiger partial charge in [0.05, 0.1) is 5.69 Å². The molecular weight excluding hydrogens is 288 g/mol. The highest BCUT2D eigenvalue weighted by Gasteiger charge is 2.02. The summed E-state index contributed by atoms with van der Waals surface area (Å²) in [7, 11) is 0. The fourth-order valence-corrected chi connectivity index (χ4v) is 1.92. The summed E-state index contributed by atoms with van der Waals surface area (Å²) in [6.45, 7) is 4.47. The molecule has 114 valence electrons. The van der Waals surface area contributed by atoms with Gasteiger partial charge in [0.1, 0.15) is 24.5 Å². The molecule has 0 spiro atoms. The minimum atomic E-state index is -0.220. The number of hydrogen-bond donors (Lipinski definition) is 1. The van der Waals surface area contributed by atoms with Crippen LogP contribution >= 0.6 is 0 Å². The third-order valence-corrected chi connectivity index (χ3v) is 3.20. The molecule has 0 saturated heterocycles. The Balaban J connectivity index is 2.02. The standard InChI is InChI=1S/C18H16N4O/c1-13-3-5-15(6-4-13)12-23-18-8-7-16(9-14(18)2)21-22-17(10-19)11-20/h3-9,21H,12H2,1-2H3. The molecule has 0 aliphatic rings. The summed E-state index contributed by atoms with van der Waals surface area (Å²) in [4.78, 5) is 0. The molecule has 0 amide bonds. The minimum absolute atomic E-state index is 0.220. The maximum Gasteiger partial charge on any atom is 0.237 e. The summed E-state index contributed by atoms with van der Waals surface area (Å²) in [6, 6.07) is 17.0. The summed E-state index contributed by atoms with van der Waals surface area (Å²) in [5.41, 5.74) is 6.41. The Bertz CT molecular complexity index is 779. The van der Waals surface area contributed by atoms with Crippen LogP contribution < -0.4 is 10.2 Å². The van der Waals surface area contributed by atoms with Crippen LogP contribution in [0, 0.1) is 36.5 Å². The number of hydrogen-bond acceptors (Lipinski definition) is 5. The van der Waals surface area contributed by atoms with E-state index in [1.54, 1.807) is 18.2 Å². The van der Waals surface area contributed by atoms with E-state index in [2.05, 4.69) is 22.7 Å². The van der Waals surface area contributed by atoms with E-state index >= 15 is 0 Å². The first-order chi connectivity index (χ1) is 11.1. The molecule has 2 aromatic carbocycles. The van der Waals surface area contributed by atoms with E-state index in [0.29, 0.717) is 12.3 Å². The molecule has 2 aromatic rings. The molecule has 0 aliphatic carbocycles. The lowest BCUT2D eigenvalue weighted by Crippen LogP contribution is -1.99. The van der Waals surface area contributed by atoms with E-state index < -0.39 is 0 Å². The van der Waals surface area contributed by atoms with E-state index in [1.165, 1.54) is 5.56 Å². The first-order valence-electron chi connectivity index (χ1n) is 7.05. The average molecular weight is 304 g/mol. The van der Waals surface area contributed by atoms with Gasteiger partial charge in [0.15, 0.2) is 0 Å². The van der Waals surface area contributed by atoms with Crippen molar-refractivity contribution >= 4 is 11.4 Å². The number of ether oxygens (including phenoxy) is 1. The molecule has 0 fully saturated rings. The average Bonchev–Trinajstić information content (AvgIpc) is 2.56. The monoisotopic (exact) mass is 304 g/mol. The molecule has 0 bridgehead atoms. The van der Waals surface area contributed by atoms with Crippen molar-refractivity contribution in [3.8, 4) is 17.9 Å². The van der Waals surface area contributed by atoms with Gasteiger partial charge < -0.3 is 4.74 Å². The lowest BCUT2D eigenvalue weighted by molar-refractivity contribution is 0.304. The number of hydrazone groups is 1. The molecule has 0 radical (unpaired) electrons. The second kappa shape index (κ2) is 7.63. The zero-order chi connectivity index (χ0) is 16.7. The van der Waals surface area contributed by atoms with Crippen molar-refractivity contribution in [2.75, 3.05) is 5.43 Å². The summed E-state index contributed by atoms with van der Waals surface area (Å²) in [5, 5.41) is 21.0. The van der Waals surface area contributed by atoms with Crippen LogP contribution in [0.25, 0.3) is 0 Å². The number of nitriles is 2. The summed E-state index contributed by atoms with van der Waals surface area (Å²) >= 11 is 0. The van der Waals surface area contributed by atoms with Crippen molar-refractivity contribution in [2.24, 2.45) is 5.10 Å². The van der Waals surface area contributed by atoms with Crippen LogP contribution in [-0.4, -0.2) is 5.71 Å². The molecule has 0 unspecified atom stereocenters. The highest BCUT2D eigenvalue weighted by molar-refractivity contribution is 6.10. The molecule has 2 rings (SSSR count). The van der Waals surface area contributed by atoms with Gasteiger partial charge in [-0.3, -0.25) is 5.43 Å². The minimum Gasteiger partial charge on any atom is -0.489 e. The number of anilines is 1. The van der Waals surface area contributed by atoms with Crippen LogP contribution in [0.3, 0.4) is 0 Å². The molecule has 0 heterocycles. The van der Waals surface area contributed by atoms with E-state index in [4.69, 9.17) is 15.3 Å². The van der Waals surface area contributed by atoms with Gasteiger partial charge >= 0.3 is 0 Å². The molecule has 1 N–H and O–H groups in total. The number of rotatable bonds is 5. The Labute approximate surface area is 135 Å². The lowest BCUT2D eigenvalue weighted by atomic mass is 10.1. The first kappa shape index (κ1) is 16.1. The molecule has 0 saturated carbocycles. The van der Waals surface area contributed by atoms with Crippen LogP contribution in [0.2, 0.25) is 0 Å². The molecule has 5 heteroatoms. The first-order valence-corrected chi connectivity index (χ1v) is 7.05. The van der Waals surface area contributed by atoms with E-state index in [9.17, 15) is 0 Å². The number of benzene rings is 2. The smallest absolute Gasteiger partial charge is 0.237 e. The quantitative estimate of drug-likeness (QED) is 0.674. The highest BCUT2D eigenvalue weighted by atomic mass is 16.5. The van der Waals surface area contributed by atoms with Gasteiger partial charge in [-0.25, -0.2) is 0 Å². The predicted molar refractivity (Wildman–Crippen MR) is 89.0 cm³/mol. The predicted octanol–water partition coefficient (Wildman–Crippen LogP) is 3.70. The molecule has 23 heavy (non-hydrogen) atoms. The van der Waals surface area contributed by atoms with Gasteiger partial charge in [-0.1, -0.05) is 29.8 Å². The third-order valence-electron chi connectivity index (χ3n) is 3.20.